The van der Waals surface area contributed by atoms with Gasteiger partial charge in [-0.15, -0.1) is 0 Å². The van der Waals surface area contributed by atoms with Crippen LogP contribution in [-0.4, -0.2) is 60.5 Å². The van der Waals surface area contributed by atoms with Gasteiger partial charge in [-0.2, -0.15) is 5.10 Å². The van der Waals surface area contributed by atoms with Crippen LogP contribution in [0.1, 0.15) is 39.3 Å². The molecule has 1 N–H and O–H groups in total. The van der Waals surface area contributed by atoms with Crippen molar-refractivity contribution in [1.29, 1.82) is 0 Å². The van der Waals surface area contributed by atoms with Crippen LogP contribution in [0.5, 0.6) is 0 Å². The molecule has 1 fully saturated rings. The van der Waals surface area contributed by atoms with Crippen molar-refractivity contribution in [2.75, 3.05) is 18.0 Å². The maximum Gasteiger partial charge on any atom is 0.407 e. The van der Waals surface area contributed by atoms with Crippen LogP contribution in [0.3, 0.4) is 0 Å². The number of nitrogens with one attached hydrogen (secondary N) is 1. The van der Waals surface area contributed by atoms with E-state index < -0.39 is 17.5 Å². The zero-order chi connectivity index (χ0) is 26.2. The van der Waals surface area contributed by atoms with Crippen LogP contribution in [-0.2, 0) is 4.74 Å². The molecule has 1 saturated heterocycles. The van der Waals surface area contributed by atoms with E-state index in [4.69, 9.17) is 4.74 Å². The summed E-state index contributed by atoms with van der Waals surface area (Å²) in [5.41, 5.74) is 2.27. The van der Waals surface area contributed by atoms with Gasteiger partial charge in [0.2, 0.25) is 0 Å². The molecule has 0 bridgehead atoms. The molecule has 4 aromatic heterocycles. The summed E-state index contributed by atoms with van der Waals surface area (Å²) in [5.74, 6) is 0.257. The number of anilines is 1. The van der Waals surface area contributed by atoms with E-state index in [0.29, 0.717) is 30.3 Å². The summed E-state index contributed by atoms with van der Waals surface area (Å²) in [6, 6.07) is 4.68. The number of halogens is 1. The number of ether oxygens (including phenoxy) is 1. The van der Waals surface area contributed by atoms with Gasteiger partial charge >= 0.3 is 6.09 Å². The van der Waals surface area contributed by atoms with E-state index in [1.165, 1.54) is 6.07 Å². The highest BCUT2D eigenvalue weighted by Crippen LogP contribution is 2.26. The number of nitrogens with zero attached hydrogens (tertiary/aromatic N) is 7. The summed E-state index contributed by atoms with van der Waals surface area (Å²) >= 11 is 0. The standard InChI is InChI=1S/C26H29FN8O2/c1-16-11-28-14-21(31-16)20-10-22-17(12-29-20)13-30-35(22)23-8-7-19(27)24(33-23)34-9-5-6-18(15-34)32-25(36)37-26(2,3)4/h7-8,10-14,18H,5-6,9,15H2,1-4H3,(H,32,36). The van der Waals surface area contributed by atoms with Crippen LogP contribution in [0.2, 0.25) is 0 Å². The first-order valence-electron chi connectivity index (χ1n) is 12.2. The van der Waals surface area contributed by atoms with Crippen molar-refractivity contribution in [3.05, 3.63) is 54.5 Å². The Kier molecular flexibility index (Phi) is 6.45. The predicted molar refractivity (Wildman–Crippen MR) is 137 cm³/mol. The number of aryl methyl sites for hydroxylation is 1. The number of hydrogen-bond donors (Lipinski definition) is 1. The monoisotopic (exact) mass is 504 g/mol. The van der Waals surface area contributed by atoms with Crippen molar-refractivity contribution in [2.45, 2.75) is 52.2 Å². The molecule has 0 aromatic carbocycles. The molecule has 1 aliphatic heterocycles. The molecule has 192 valence electrons. The van der Waals surface area contributed by atoms with Crippen molar-refractivity contribution in [3.8, 4) is 17.2 Å². The molecule has 0 aliphatic carbocycles. The number of fused-ring (bicyclic) bond motifs is 1. The highest BCUT2D eigenvalue weighted by molar-refractivity contribution is 5.82. The second kappa shape index (κ2) is 9.72. The fourth-order valence-corrected chi connectivity index (χ4v) is 4.35. The van der Waals surface area contributed by atoms with E-state index in [9.17, 15) is 9.18 Å². The zero-order valence-electron chi connectivity index (χ0n) is 21.3. The maximum atomic E-state index is 15.0. The summed E-state index contributed by atoms with van der Waals surface area (Å²) in [6.07, 6.45) is 7.84. The lowest BCUT2D eigenvalue weighted by molar-refractivity contribution is 0.0500. The molecule has 1 unspecified atom stereocenters. The third-order valence-corrected chi connectivity index (χ3v) is 5.94. The van der Waals surface area contributed by atoms with Crippen molar-refractivity contribution in [2.24, 2.45) is 0 Å². The average molecular weight is 505 g/mol. The van der Waals surface area contributed by atoms with Gasteiger partial charge in [-0.3, -0.25) is 9.97 Å². The minimum absolute atomic E-state index is 0.178. The number of pyridine rings is 2. The molecule has 10 nitrogen and oxygen atoms in total. The first-order chi connectivity index (χ1) is 17.7. The first-order valence-corrected chi connectivity index (χ1v) is 12.2. The number of hydrogen-bond acceptors (Lipinski definition) is 8. The number of piperidine rings is 1. The normalized spacial score (nSPS) is 16.1. The molecule has 1 atom stereocenters. The van der Waals surface area contributed by atoms with Gasteiger partial charge < -0.3 is 15.0 Å². The summed E-state index contributed by atoms with van der Waals surface area (Å²) < 4.78 is 22.0. The smallest absolute Gasteiger partial charge is 0.407 e. The quantitative estimate of drug-likeness (QED) is 0.440. The van der Waals surface area contributed by atoms with Gasteiger partial charge in [0.25, 0.3) is 0 Å². The van der Waals surface area contributed by atoms with E-state index in [1.54, 1.807) is 35.5 Å². The van der Waals surface area contributed by atoms with Crippen molar-refractivity contribution < 1.29 is 13.9 Å². The molecule has 1 amide bonds. The Morgan fingerprint density at radius 3 is 2.76 bits per heavy atom. The van der Waals surface area contributed by atoms with Gasteiger partial charge in [0.15, 0.2) is 17.5 Å². The molecule has 5 heterocycles. The number of carbonyl (C=O) groups excluding carboxylic acids is 1. The van der Waals surface area contributed by atoms with Gasteiger partial charge in [0.05, 0.1) is 29.3 Å². The van der Waals surface area contributed by atoms with Gasteiger partial charge in [0.1, 0.15) is 11.3 Å². The first kappa shape index (κ1) is 24.5. The molecular weight excluding hydrogens is 475 g/mol. The number of aromatic nitrogens is 6. The molecule has 5 rings (SSSR count). The van der Waals surface area contributed by atoms with Crippen molar-refractivity contribution >= 4 is 22.8 Å². The molecule has 1 aliphatic rings. The Labute approximate surface area is 213 Å². The minimum Gasteiger partial charge on any atom is -0.444 e. The largest absolute Gasteiger partial charge is 0.444 e. The number of carbonyl (C=O) groups is 1. The van der Waals surface area contributed by atoms with E-state index in [0.717, 1.165) is 29.4 Å². The van der Waals surface area contributed by atoms with Crippen LogP contribution in [0.15, 0.2) is 43.0 Å². The lowest BCUT2D eigenvalue weighted by Gasteiger charge is -2.34. The summed E-state index contributed by atoms with van der Waals surface area (Å²) in [5, 5.41) is 8.20. The molecule has 11 heteroatoms. The number of amides is 1. The van der Waals surface area contributed by atoms with Crippen LogP contribution in [0, 0.1) is 12.7 Å². The van der Waals surface area contributed by atoms with E-state index >= 15 is 0 Å². The Hall–Kier alpha value is -4.15. The number of rotatable bonds is 4. The van der Waals surface area contributed by atoms with Crippen molar-refractivity contribution in [3.63, 3.8) is 0 Å². The molecule has 0 radical (unpaired) electrons. The Bertz CT molecular complexity index is 1450. The van der Waals surface area contributed by atoms with Gasteiger partial charge in [-0.1, -0.05) is 0 Å². The molecule has 4 aromatic rings. The lowest BCUT2D eigenvalue weighted by Crippen LogP contribution is -2.49. The van der Waals surface area contributed by atoms with Crippen LogP contribution < -0.4 is 10.2 Å². The van der Waals surface area contributed by atoms with Crippen molar-refractivity contribution in [1.82, 2.24) is 35.0 Å². The van der Waals surface area contributed by atoms with E-state index in [1.807, 2.05) is 38.7 Å². The minimum atomic E-state index is -0.589. The highest BCUT2D eigenvalue weighted by Gasteiger charge is 2.27. The fourth-order valence-electron chi connectivity index (χ4n) is 4.35. The molecular formula is C26H29FN8O2. The van der Waals surface area contributed by atoms with Gasteiger partial charge in [-0.05, 0) is 58.7 Å². The summed E-state index contributed by atoms with van der Waals surface area (Å²) in [7, 11) is 0. The second-order valence-electron chi connectivity index (χ2n) is 10.1. The molecule has 0 saturated carbocycles. The molecule has 0 spiro atoms. The number of alkyl carbamates (subject to hydrolysis) is 1. The Balaban J connectivity index is 1.42. The Morgan fingerprint density at radius 2 is 1.97 bits per heavy atom. The van der Waals surface area contributed by atoms with Gasteiger partial charge in [0, 0.05) is 36.9 Å². The maximum absolute atomic E-state index is 15.0. The molecule has 37 heavy (non-hydrogen) atoms. The Morgan fingerprint density at radius 1 is 1.14 bits per heavy atom. The summed E-state index contributed by atoms with van der Waals surface area (Å²) in [4.78, 5) is 31.9. The van der Waals surface area contributed by atoms with Crippen LogP contribution in [0.4, 0.5) is 15.0 Å². The fraction of sp³-hybridized carbons (Fsp3) is 0.385. The van der Waals surface area contributed by atoms with Crippen LogP contribution >= 0.6 is 0 Å². The average Bonchev–Trinajstić information content (AvgIpc) is 3.26. The highest BCUT2D eigenvalue weighted by atomic mass is 19.1. The second-order valence-corrected chi connectivity index (χ2v) is 10.1. The SMILES string of the molecule is Cc1cncc(-c2cc3c(cn2)cnn3-c2ccc(F)c(N3CCCC(NC(=O)OC(C)(C)C)C3)n2)n1. The topological polar surface area (TPSA) is 111 Å². The zero-order valence-corrected chi connectivity index (χ0v) is 21.3. The van der Waals surface area contributed by atoms with E-state index in [-0.39, 0.29) is 11.9 Å². The van der Waals surface area contributed by atoms with Crippen LogP contribution in [0.25, 0.3) is 28.1 Å². The summed E-state index contributed by atoms with van der Waals surface area (Å²) in [6.45, 7) is 8.37. The predicted octanol–water partition coefficient (Wildman–Crippen LogP) is 4.21. The lowest BCUT2D eigenvalue weighted by atomic mass is 10.1. The third-order valence-electron chi connectivity index (χ3n) is 5.94. The van der Waals surface area contributed by atoms with Gasteiger partial charge in [-0.25, -0.2) is 23.8 Å². The third kappa shape index (κ3) is 5.50. The van der Waals surface area contributed by atoms with E-state index in [2.05, 4.69) is 30.4 Å².